The standard InChI is InChI=1S/C19H15F2NO5/c1-24-14-5-11(6-15(9-14)25-2)19(23)26-10-13-8-18(27-22-13)16-4-3-12(20)7-17(16)21/h3-9H,10H2,1-2H3. The van der Waals surface area contributed by atoms with Crippen molar-refractivity contribution in [2.75, 3.05) is 14.2 Å². The van der Waals surface area contributed by atoms with E-state index in [0.29, 0.717) is 11.5 Å². The molecule has 0 saturated heterocycles. The van der Waals surface area contributed by atoms with Crippen LogP contribution in [-0.4, -0.2) is 25.3 Å². The van der Waals surface area contributed by atoms with Crippen LogP contribution in [-0.2, 0) is 11.3 Å². The van der Waals surface area contributed by atoms with E-state index >= 15 is 0 Å². The first-order valence-electron chi connectivity index (χ1n) is 7.81. The summed E-state index contributed by atoms with van der Waals surface area (Å²) in [6.07, 6.45) is 0. The zero-order valence-electron chi connectivity index (χ0n) is 14.5. The van der Waals surface area contributed by atoms with Crippen molar-refractivity contribution in [1.29, 1.82) is 0 Å². The van der Waals surface area contributed by atoms with E-state index in [1.807, 2.05) is 0 Å². The molecule has 27 heavy (non-hydrogen) atoms. The Balaban J connectivity index is 1.70. The molecule has 0 saturated carbocycles. The van der Waals surface area contributed by atoms with Gasteiger partial charge in [0.05, 0.1) is 25.3 Å². The van der Waals surface area contributed by atoms with Crippen LogP contribution in [0.1, 0.15) is 16.1 Å². The number of hydrogen-bond donors (Lipinski definition) is 0. The number of halogens is 2. The van der Waals surface area contributed by atoms with Gasteiger partial charge in [-0.2, -0.15) is 0 Å². The molecule has 1 aromatic heterocycles. The lowest BCUT2D eigenvalue weighted by Crippen LogP contribution is -2.06. The highest BCUT2D eigenvalue weighted by Crippen LogP contribution is 2.25. The topological polar surface area (TPSA) is 70.8 Å². The Kier molecular flexibility index (Phi) is 5.35. The quantitative estimate of drug-likeness (QED) is 0.607. The van der Waals surface area contributed by atoms with Crippen LogP contribution in [0.4, 0.5) is 8.78 Å². The third kappa shape index (κ3) is 4.22. The summed E-state index contributed by atoms with van der Waals surface area (Å²) in [5.74, 6) is -1.11. The van der Waals surface area contributed by atoms with E-state index in [1.165, 1.54) is 38.5 Å². The summed E-state index contributed by atoms with van der Waals surface area (Å²) < 4.78 is 47.2. The number of aromatic nitrogens is 1. The number of carbonyl (C=O) groups is 1. The molecular weight excluding hydrogens is 360 g/mol. The van der Waals surface area contributed by atoms with E-state index in [4.69, 9.17) is 18.7 Å². The molecule has 0 radical (unpaired) electrons. The summed E-state index contributed by atoms with van der Waals surface area (Å²) >= 11 is 0. The summed E-state index contributed by atoms with van der Waals surface area (Å²) in [5, 5.41) is 3.73. The average molecular weight is 375 g/mol. The fourth-order valence-electron chi connectivity index (χ4n) is 2.34. The Morgan fingerprint density at radius 1 is 1.04 bits per heavy atom. The maximum atomic E-state index is 13.8. The van der Waals surface area contributed by atoms with Crippen LogP contribution in [0.15, 0.2) is 47.0 Å². The van der Waals surface area contributed by atoms with Crippen molar-refractivity contribution >= 4 is 5.97 Å². The van der Waals surface area contributed by atoms with E-state index in [-0.39, 0.29) is 29.2 Å². The van der Waals surface area contributed by atoms with Gasteiger partial charge in [0.2, 0.25) is 0 Å². The lowest BCUT2D eigenvalue weighted by Gasteiger charge is -2.08. The van der Waals surface area contributed by atoms with Crippen LogP contribution in [0, 0.1) is 11.6 Å². The van der Waals surface area contributed by atoms with Crippen LogP contribution in [0.25, 0.3) is 11.3 Å². The van der Waals surface area contributed by atoms with Crippen LogP contribution in [0.3, 0.4) is 0 Å². The molecule has 0 aliphatic heterocycles. The van der Waals surface area contributed by atoms with Crippen LogP contribution >= 0.6 is 0 Å². The molecule has 8 heteroatoms. The molecule has 140 valence electrons. The molecule has 0 bridgehead atoms. The minimum Gasteiger partial charge on any atom is -0.497 e. The van der Waals surface area contributed by atoms with Gasteiger partial charge in [-0.3, -0.25) is 0 Å². The summed E-state index contributed by atoms with van der Waals surface area (Å²) in [6, 6.07) is 9.14. The second kappa shape index (κ2) is 7.86. The van der Waals surface area contributed by atoms with Crippen molar-refractivity contribution in [1.82, 2.24) is 5.16 Å². The highest BCUT2D eigenvalue weighted by Gasteiger charge is 2.15. The second-order valence-electron chi connectivity index (χ2n) is 5.48. The van der Waals surface area contributed by atoms with Gasteiger partial charge in [-0.25, -0.2) is 13.6 Å². The smallest absolute Gasteiger partial charge is 0.338 e. The molecule has 3 rings (SSSR count). The van der Waals surface area contributed by atoms with Gasteiger partial charge in [0.1, 0.15) is 35.4 Å². The van der Waals surface area contributed by atoms with Gasteiger partial charge >= 0.3 is 5.97 Å². The largest absolute Gasteiger partial charge is 0.497 e. The molecule has 2 aromatic carbocycles. The Morgan fingerprint density at radius 2 is 1.74 bits per heavy atom. The van der Waals surface area contributed by atoms with E-state index in [2.05, 4.69) is 5.16 Å². The Labute approximate surface area is 153 Å². The number of methoxy groups -OCH3 is 2. The molecule has 0 amide bonds. The Morgan fingerprint density at radius 3 is 2.37 bits per heavy atom. The van der Waals surface area contributed by atoms with Crippen LogP contribution < -0.4 is 9.47 Å². The highest BCUT2D eigenvalue weighted by molar-refractivity contribution is 5.90. The Bertz CT molecular complexity index is 948. The lowest BCUT2D eigenvalue weighted by atomic mass is 10.1. The summed E-state index contributed by atoms with van der Waals surface area (Å²) in [5.41, 5.74) is 0.565. The number of ether oxygens (including phenoxy) is 3. The predicted molar refractivity (Wildman–Crippen MR) is 90.5 cm³/mol. The van der Waals surface area contributed by atoms with Gasteiger partial charge in [-0.05, 0) is 24.3 Å². The van der Waals surface area contributed by atoms with Gasteiger partial charge in [-0.15, -0.1) is 0 Å². The fourth-order valence-corrected chi connectivity index (χ4v) is 2.34. The second-order valence-corrected chi connectivity index (χ2v) is 5.48. The molecule has 0 fully saturated rings. The van der Waals surface area contributed by atoms with E-state index in [0.717, 1.165) is 12.1 Å². The van der Waals surface area contributed by atoms with Crippen LogP contribution in [0.2, 0.25) is 0 Å². The van der Waals surface area contributed by atoms with Gasteiger partial charge in [0, 0.05) is 18.2 Å². The minimum atomic E-state index is -0.779. The number of benzene rings is 2. The fraction of sp³-hybridized carbons (Fsp3) is 0.158. The highest BCUT2D eigenvalue weighted by atomic mass is 19.1. The van der Waals surface area contributed by atoms with Gasteiger partial charge in [0.25, 0.3) is 0 Å². The predicted octanol–water partition coefficient (Wildman–Crippen LogP) is 3.99. The molecular formula is C19H15F2NO5. The molecule has 0 unspecified atom stereocenters. The minimum absolute atomic E-state index is 0.0546. The number of rotatable bonds is 6. The maximum absolute atomic E-state index is 13.8. The molecule has 0 aliphatic rings. The first-order chi connectivity index (χ1) is 13.0. The van der Waals surface area contributed by atoms with Gasteiger partial charge in [0.15, 0.2) is 5.76 Å². The molecule has 0 spiro atoms. The SMILES string of the molecule is COc1cc(OC)cc(C(=O)OCc2cc(-c3ccc(F)cc3F)on2)c1. The molecule has 0 aliphatic carbocycles. The zero-order valence-corrected chi connectivity index (χ0v) is 14.5. The maximum Gasteiger partial charge on any atom is 0.338 e. The zero-order chi connectivity index (χ0) is 19.4. The summed E-state index contributed by atoms with van der Waals surface area (Å²) in [7, 11) is 2.94. The van der Waals surface area contributed by atoms with Crippen molar-refractivity contribution in [3.05, 3.63) is 65.4 Å². The third-order valence-corrected chi connectivity index (χ3v) is 3.69. The normalized spacial score (nSPS) is 10.5. The van der Waals surface area contributed by atoms with Gasteiger partial charge in [-0.1, -0.05) is 5.16 Å². The van der Waals surface area contributed by atoms with Crippen molar-refractivity contribution in [2.24, 2.45) is 0 Å². The molecule has 6 nitrogen and oxygen atoms in total. The van der Waals surface area contributed by atoms with Crippen molar-refractivity contribution < 1.29 is 32.3 Å². The summed E-state index contributed by atoms with van der Waals surface area (Å²) in [6.45, 7) is -0.190. The van der Waals surface area contributed by atoms with Gasteiger partial charge < -0.3 is 18.7 Å². The average Bonchev–Trinajstić information content (AvgIpc) is 3.14. The monoisotopic (exact) mass is 375 g/mol. The van der Waals surface area contributed by atoms with E-state index in [1.54, 1.807) is 6.07 Å². The molecule has 1 heterocycles. The number of esters is 1. The summed E-state index contributed by atoms with van der Waals surface area (Å²) in [4.78, 5) is 12.2. The molecule has 3 aromatic rings. The first-order valence-corrected chi connectivity index (χ1v) is 7.81. The van der Waals surface area contributed by atoms with Crippen molar-refractivity contribution in [3.8, 4) is 22.8 Å². The van der Waals surface area contributed by atoms with Crippen molar-refractivity contribution in [3.63, 3.8) is 0 Å². The molecule has 0 atom stereocenters. The number of carbonyl (C=O) groups excluding carboxylic acids is 1. The Hall–Kier alpha value is -3.42. The first kappa shape index (κ1) is 18.4. The number of hydrogen-bond acceptors (Lipinski definition) is 6. The third-order valence-electron chi connectivity index (χ3n) is 3.69. The molecule has 0 N–H and O–H groups in total. The van der Waals surface area contributed by atoms with Crippen LogP contribution in [0.5, 0.6) is 11.5 Å². The lowest BCUT2D eigenvalue weighted by molar-refractivity contribution is 0.0463. The number of nitrogens with zero attached hydrogens (tertiary/aromatic N) is 1. The van der Waals surface area contributed by atoms with E-state index in [9.17, 15) is 13.6 Å². The van der Waals surface area contributed by atoms with Crippen molar-refractivity contribution in [2.45, 2.75) is 6.61 Å². The van der Waals surface area contributed by atoms with E-state index < -0.39 is 17.6 Å².